The van der Waals surface area contributed by atoms with Crippen LogP contribution in [0.5, 0.6) is 5.75 Å². The Morgan fingerprint density at radius 1 is 1.25 bits per heavy atom. The van der Waals surface area contributed by atoms with Crippen molar-refractivity contribution in [2.75, 3.05) is 27.4 Å². The van der Waals surface area contributed by atoms with Crippen molar-refractivity contribution in [2.24, 2.45) is 0 Å². The first kappa shape index (κ1) is 20.9. The van der Waals surface area contributed by atoms with Crippen molar-refractivity contribution in [2.45, 2.75) is 44.3 Å². The standard InChI is InChI=1S/C24H29N5O3/c1-15(14-31-2)26-24(30)13-28-17-6-9-21(28)19-12-25-23-11-20(27-29(23)22(19)10-17)16-4-7-18(32-3)8-5-16/h4-5,7-8,11-12,15,17,21H,6,9-10,13-14H2,1-3H3,(H,26,30). The average molecular weight is 436 g/mol. The van der Waals surface area contributed by atoms with Gasteiger partial charge in [0, 0.05) is 55.0 Å². The van der Waals surface area contributed by atoms with E-state index in [1.165, 1.54) is 11.3 Å². The molecule has 1 fully saturated rings. The van der Waals surface area contributed by atoms with Crippen LogP contribution in [0.15, 0.2) is 36.5 Å². The molecule has 1 aromatic carbocycles. The van der Waals surface area contributed by atoms with Crippen molar-refractivity contribution < 1.29 is 14.3 Å². The minimum Gasteiger partial charge on any atom is -0.497 e. The first-order valence-electron chi connectivity index (χ1n) is 11.1. The summed E-state index contributed by atoms with van der Waals surface area (Å²) in [5, 5.41) is 7.93. The summed E-state index contributed by atoms with van der Waals surface area (Å²) >= 11 is 0. The van der Waals surface area contributed by atoms with Crippen molar-refractivity contribution in [1.82, 2.24) is 24.8 Å². The third-order valence-corrected chi connectivity index (χ3v) is 6.58. The van der Waals surface area contributed by atoms with Crippen LogP contribution < -0.4 is 10.1 Å². The second kappa shape index (κ2) is 8.52. The zero-order valence-corrected chi connectivity index (χ0v) is 18.7. The zero-order valence-electron chi connectivity index (χ0n) is 18.7. The monoisotopic (exact) mass is 435 g/mol. The minimum absolute atomic E-state index is 0.00368. The van der Waals surface area contributed by atoms with Crippen LogP contribution in [-0.2, 0) is 16.0 Å². The highest BCUT2D eigenvalue weighted by Crippen LogP contribution is 2.43. The topological polar surface area (TPSA) is 81.0 Å². The van der Waals surface area contributed by atoms with Crippen molar-refractivity contribution in [3.05, 3.63) is 47.8 Å². The summed E-state index contributed by atoms with van der Waals surface area (Å²) in [4.78, 5) is 19.6. The Bertz CT molecular complexity index is 1130. The third kappa shape index (κ3) is 3.73. The van der Waals surface area contributed by atoms with Gasteiger partial charge in [-0.05, 0) is 44.0 Å². The molecule has 2 aromatic heterocycles. The van der Waals surface area contributed by atoms with Gasteiger partial charge in [-0.3, -0.25) is 9.69 Å². The van der Waals surface area contributed by atoms with Gasteiger partial charge in [0.15, 0.2) is 5.65 Å². The van der Waals surface area contributed by atoms with Gasteiger partial charge in [0.1, 0.15) is 5.75 Å². The molecule has 2 aliphatic rings. The number of benzene rings is 1. The summed E-state index contributed by atoms with van der Waals surface area (Å²) in [6, 6.07) is 10.5. The molecule has 8 nitrogen and oxygen atoms in total. The average Bonchev–Trinajstić information content (AvgIpc) is 3.33. The van der Waals surface area contributed by atoms with Gasteiger partial charge in [0.25, 0.3) is 0 Å². The number of aromatic nitrogens is 3. The molecule has 1 N–H and O–H groups in total. The minimum atomic E-state index is 0.00368. The maximum atomic E-state index is 12.6. The van der Waals surface area contributed by atoms with Crippen molar-refractivity contribution >= 4 is 11.6 Å². The molecular formula is C24H29N5O3. The predicted octanol–water partition coefficient (Wildman–Crippen LogP) is 2.62. The van der Waals surface area contributed by atoms with Crippen molar-refractivity contribution in [3.63, 3.8) is 0 Å². The molecule has 32 heavy (non-hydrogen) atoms. The van der Waals surface area contributed by atoms with E-state index in [2.05, 4.69) is 10.2 Å². The number of carbonyl (C=O) groups is 1. The highest BCUT2D eigenvalue weighted by Gasteiger charge is 2.42. The van der Waals surface area contributed by atoms with Gasteiger partial charge < -0.3 is 14.8 Å². The van der Waals surface area contributed by atoms with E-state index >= 15 is 0 Å². The number of carbonyl (C=O) groups excluding carboxylic acids is 1. The summed E-state index contributed by atoms with van der Waals surface area (Å²) in [6.45, 7) is 2.87. The highest BCUT2D eigenvalue weighted by molar-refractivity contribution is 5.78. The van der Waals surface area contributed by atoms with Crippen molar-refractivity contribution in [3.8, 4) is 17.0 Å². The molecule has 2 aliphatic heterocycles. The smallest absolute Gasteiger partial charge is 0.234 e. The number of nitrogens with zero attached hydrogens (tertiary/aromatic N) is 4. The van der Waals surface area contributed by atoms with Crippen LogP contribution in [-0.4, -0.2) is 64.9 Å². The van der Waals surface area contributed by atoms with Crippen LogP contribution in [0.25, 0.3) is 16.9 Å². The van der Waals surface area contributed by atoms with Gasteiger partial charge in [-0.15, -0.1) is 0 Å². The molecule has 3 unspecified atom stereocenters. The number of ether oxygens (including phenoxy) is 2. The second-order valence-corrected chi connectivity index (χ2v) is 8.74. The fourth-order valence-electron chi connectivity index (χ4n) is 5.11. The Hall–Kier alpha value is -2.97. The Balaban J connectivity index is 1.40. The van der Waals surface area contributed by atoms with Crippen LogP contribution in [0.4, 0.5) is 0 Å². The van der Waals surface area contributed by atoms with E-state index in [9.17, 15) is 4.79 Å². The lowest BCUT2D eigenvalue weighted by atomic mass is 9.99. The number of hydrogen-bond donors (Lipinski definition) is 1. The van der Waals surface area contributed by atoms with E-state index in [1.54, 1.807) is 14.2 Å². The molecule has 2 bridgehead atoms. The molecule has 1 amide bonds. The second-order valence-electron chi connectivity index (χ2n) is 8.74. The quantitative estimate of drug-likeness (QED) is 0.615. The number of rotatable bonds is 7. The van der Waals surface area contributed by atoms with Gasteiger partial charge >= 0.3 is 0 Å². The van der Waals surface area contributed by atoms with Gasteiger partial charge in [0.05, 0.1) is 31.6 Å². The molecule has 0 spiro atoms. The fourth-order valence-corrected chi connectivity index (χ4v) is 5.11. The third-order valence-electron chi connectivity index (χ3n) is 6.58. The fraction of sp³-hybridized carbons (Fsp3) is 0.458. The van der Waals surface area contributed by atoms with Crippen molar-refractivity contribution in [1.29, 1.82) is 0 Å². The van der Waals surface area contributed by atoms with Crippen LogP contribution >= 0.6 is 0 Å². The molecule has 1 saturated heterocycles. The van der Waals surface area contributed by atoms with E-state index in [1.807, 2.05) is 48.0 Å². The first-order chi connectivity index (χ1) is 15.6. The lowest BCUT2D eigenvalue weighted by molar-refractivity contribution is -0.124. The number of methoxy groups -OCH3 is 2. The molecule has 5 rings (SSSR count). The molecule has 4 heterocycles. The number of nitrogens with one attached hydrogen (secondary N) is 1. The van der Waals surface area contributed by atoms with E-state index in [-0.39, 0.29) is 18.0 Å². The molecule has 0 radical (unpaired) electrons. The van der Waals surface area contributed by atoms with Gasteiger partial charge in [-0.2, -0.15) is 5.10 Å². The largest absolute Gasteiger partial charge is 0.497 e. The summed E-state index contributed by atoms with van der Waals surface area (Å²) in [5.74, 6) is 0.871. The van der Waals surface area contributed by atoms with E-state index in [0.717, 1.165) is 41.9 Å². The Kier molecular flexibility index (Phi) is 5.57. The Morgan fingerprint density at radius 3 is 2.81 bits per heavy atom. The Labute approximate surface area is 187 Å². The maximum absolute atomic E-state index is 12.6. The lowest BCUT2D eigenvalue weighted by Gasteiger charge is -2.35. The van der Waals surface area contributed by atoms with Gasteiger partial charge in [0.2, 0.25) is 5.91 Å². The lowest BCUT2D eigenvalue weighted by Crippen LogP contribution is -2.47. The number of hydrogen-bond acceptors (Lipinski definition) is 6. The van der Waals surface area contributed by atoms with Gasteiger partial charge in [-0.1, -0.05) is 0 Å². The first-order valence-corrected chi connectivity index (χ1v) is 11.1. The molecule has 0 aliphatic carbocycles. The predicted molar refractivity (Wildman–Crippen MR) is 121 cm³/mol. The zero-order chi connectivity index (χ0) is 22.2. The molecule has 8 heteroatoms. The summed E-state index contributed by atoms with van der Waals surface area (Å²) in [7, 11) is 3.31. The van der Waals surface area contributed by atoms with Crippen LogP contribution in [0.2, 0.25) is 0 Å². The number of fused-ring (bicyclic) bond motifs is 6. The van der Waals surface area contributed by atoms with E-state index in [0.29, 0.717) is 19.2 Å². The molecule has 0 saturated carbocycles. The summed E-state index contributed by atoms with van der Waals surface area (Å²) in [5.41, 5.74) is 5.19. The maximum Gasteiger partial charge on any atom is 0.234 e. The Morgan fingerprint density at radius 2 is 2.06 bits per heavy atom. The van der Waals surface area contributed by atoms with Gasteiger partial charge in [-0.25, -0.2) is 9.50 Å². The van der Waals surface area contributed by atoms with E-state index < -0.39 is 0 Å². The SMILES string of the molecule is COCC(C)NC(=O)CN1C2CCC1c1cnc3cc(-c4ccc(OC)cc4)nn3c1C2. The summed E-state index contributed by atoms with van der Waals surface area (Å²) in [6.07, 6.45) is 4.97. The molecule has 168 valence electrons. The molecular weight excluding hydrogens is 406 g/mol. The van der Waals surface area contributed by atoms with Crippen LogP contribution in [0.3, 0.4) is 0 Å². The van der Waals surface area contributed by atoms with E-state index in [4.69, 9.17) is 19.6 Å². The molecule has 3 atom stereocenters. The normalized spacial score (nSPS) is 20.8. The molecule has 3 aromatic rings. The van der Waals surface area contributed by atoms with Crippen LogP contribution in [0.1, 0.15) is 37.1 Å². The highest BCUT2D eigenvalue weighted by atomic mass is 16.5. The number of amides is 1. The summed E-state index contributed by atoms with van der Waals surface area (Å²) < 4.78 is 12.4. The van der Waals surface area contributed by atoms with Crippen LogP contribution in [0, 0.1) is 0 Å².